The molecule has 6 nitrogen and oxygen atoms in total. The summed E-state index contributed by atoms with van der Waals surface area (Å²) in [7, 11) is 0. The molecule has 0 spiro atoms. The highest BCUT2D eigenvalue weighted by molar-refractivity contribution is 6.44. The maximum atomic E-state index is 11.7. The van der Waals surface area contributed by atoms with E-state index in [2.05, 4.69) is 10.6 Å². The molecule has 9 heteroatoms. The number of carbonyl (C=O) groups excluding carboxylic acids is 3. The van der Waals surface area contributed by atoms with E-state index in [1.165, 1.54) is 19.1 Å². The summed E-state index contributed by atoms with van der Waals surface area (Å²) < 4.78 is 4.75. The lowest BCUT2D eigenvalue weighted by Gasteiger charge is -2.09. The molecule has 0 bridgehead atoms. The quantitative estimate of drug-likeness (QED) is 0.598. The Hall–Kier alpha value is -1.50. The molecule has 120 valence electrons. The summed E-state index contributed by atoms with van der Waals surface area (Å²) in [5, 5.41) is 5.58. The topological polar surface area (TPSA) is 84.5 Å². The van der Waals surface area contributed by atoms with E-state index in [0.29, 0.717) is 0 Å². The first-order valence-electron chi connectivity index (χ1n) is 6.14. The molecule has 22 heavy (non-hydrogen) atoms. The van der Waals surface area contributed by atoms with E-state index in [4.69, 9.17) is 39.5 Å². The molecule has 0 aliphatic carbocycles. The van der Waals surface area contributed by atoms with Gasteiger partial charge in [0.05, 0.1) is 27.2 Å². The Balaban J connectivity index is 2.42. The number of anilines is 1. The molecule has 1 aromatic carbocycles. The molecule has 1 aromatic rings. The predicted molar refractivity (Wildman–Crippen MR) is 84.4 cm³/mol. The van der Waals surface area contributed by atoms with Crippen molar-refractivity contribution in [2.75, 3.05) is 18.5 Å². The van der Waals surface area contributed by atoms with Gasteiger partial charge in [0.2, 0.25) is 5.91 Å². The fourth-order valence-electron chi connectivity index (χ4n) is 1.36. The number of nitrogens with one attached hydrogen (secondary N) is 2. The van der Waals surface area contributed by atoms with Crippen molar-refractivity contribution >= 4 is 58.3 Å². The van der Waals surface area contributed by atoms with Crippen molar-refractivity contribution in [3.8, 4) is 0 Å². The van der Waals surface area contributed by atoms with Gasteiger partial charge < -0.3 is 15.4 Å². The van der Waals surface area contributed by atoms with Gasteiger partial charge in [0.25, 0.3) is 5.91 Å². The lowest BCUT2D eigenvalue weighted by molar-refractivity contribution is -0.147. The van der Waals surface area contributed by atoms with Crippen molar-refractivity contribution in [3.05, 3.63) is 27.2 Å². The van der Waals surface area contributed by atoms with Gasteiger partial charge in [-0.15, -0.1) is 0 Å². The monoisotopic (exact) mass is 366 g/mol. The van der Waals surface area contributed by atoms with Crippen molar-refractivity contribution in [1.29, 1.82) is 0 Å². The number of esters is 1. The van der Waals surface area contributed by atoms with Crippen LogP contribution in [0.2, 0.25) is 15.1 Å². The molecule has 0 radical (unpaired) electrons. The van der Waals surface area contributed by atoms with Crippen LogP contribution in [0.3, 0.4) is 0 Å². The van der Waals surface area contributed by atoms with E-state index < -0.39 is 18.5 Å². The molecule has 0 heterocycles. The number of rotatable bonds is 6. The molecular weight excluding hydrogens is 355 g/mol. The van der Waals surface area contributed by atoms with Gasteiger partial charge in [-0.1, -0.05) is 34.8 Å². The van der Waals surface area contributed by atoms with E-state index in [9.17, 15) is 14.4 Å². The number of ether oxygens (including phenoxy) is 1. The van der Waals surface area contributed by atoms with Gasteiger partial charge in [-0.3, -0.25) is 14.4 Å². The molecule has 0 atom stereocenters. The van der Waals surface area contributed by atoms with E-state index >= 15 is 0 Å². The van der Waals surface area contributed by atoms with Crippen LogP contribution in [-0.2, 0) is 19.1 Å². The van der Waals surface area contributed by atoms with Gasteiger partial charge in [-0.2, -0.15) is 0 Å². The Morgan fingerprint density at radius 2 is 1.73 bits per heavy atom. The second-order valence-electron chi connectivity index (χ2n) is 4.19. The molecule has 0 aliphatic rings. The van der Waals surface area contributed by atoms with Gasteiger partial charge in [-0.25, -0.2) is 0 Å². The van der Waals surface area contributed by atoms with E-state index in [1.807, 2.05) is 0 Å². The van der Waals surface area contributed by atoms with Crippen molar-refractivity contribution in [1.82, 2.24) is 5.32 Å². The Morgan fingerprint density at radius 1 is 1.09 bits per heavy atom. The normalized spacial score (nSPS) is 10.0. The molecule has 0 saturated carbocycles. The molecule has 0 aromatic heterocycles. The Morgan fingerprint density at radius 3 is 2.36 bits per heavy atom. The minimum Gasteiger partial charge on any atom is -0.456 e. The van der Waals surface area contributed by atoms with Crippen LogP contribution in [0, 0.1) is 0 Å². The summed E-state index contributed by atoms with van der Waals surface area (Å²) in [5.41, 5.74) is 0.260. The second-order valence-corrected chi connectivity index (χ2v) is 5.41. The van der Waals surface area contributed by atoms with E-state index in [1.54, 1.807) is 0 Å². The average molecular weight is 368 g/mol. The number of hydrogen-bond acceptors (Lipinski definition) is 4. The van der Waals surface area contributed by atoms with Crippen LogP contribution in [-0.4, -0.2) is 30.9 Å². The number of hydrogen-bond donors (Lipinski definition) is 2. The lowest BCUT2D eigenvalue weighted by Crippen LogP contribution is -2.25. The molecule has 0 aliphatic heterocycles. The van der Waals surface area contributed by atoms with Crippen molar-refractivity contribution in [2.24, 2.45) is 0 Å². The van der Waals surface area contributed by atoms with Gasteiger partial charge in [0.15, 0.2) is 6.61 Å². The zero-order chi connectivity index (χ0) is 16.7. The summed E-state index contributed by atoms with van der Waals surface area (Å²) >= 11 is 17.5. The zero-order valence-electron chi connectivity index (χ0n) is 11.5. The van der Waals surface area contributed by atoms with Crippen LogP contribution >= 0.6 is 34.8 Å². The zero-order valence-corrected chi connectivity index (χ0v) is 13.8. The standard InChI is InChI=1S/C13H13Cl3N2O4/c1-7(19)17-3-2-13(21)22-6-12(20)18-11-5-9(15)8(14)4-10(11)16/h4-5H,2-3,6H2,1H3,(H,17,19)(H,18,20). The minimum atomic E-state index is -0.607. The first-order valence-corrected chi connectivity index (χ1v) is 7.27. The third kappa shape index (κ3) is 6.51. The van der Waals surface area contributed by atoms with Crippen molar-refractivity contribution in [3.63, 3.8) is 0 Å². The van der Waals surface area contributed by atoms with Crippen LogP contribution in [0.15, 0.2) is 12.1 Å². The summed E-state index contributed by atoms with van der Waals surface area (Å²) in [6, 6.07) is 2.78. The number of amides is 2. The fourth-order valence-corrected chi connectivity index (χ4v) is 1.96. The smallest absolute Gasteiger partial charge is 0.308 e. The number of carbonyl (C=O) groups is 3. The largest absolute Gasteiger partial charge is 0.456 e. The van der Waals surface area contributed by atoms with Crippen LogP contribution in [0.5, 0.6) is 0 Å². The Labute approximate surface area is 142 Å². The van der Waals surface area contributed by atoms with E-state index in [0.717, 1.165) is 0 Å². The lowest BCUT2D eigenvalue weighted by atomic mass is 10.3. The Kier molecular flexibility index (Phi) is 7.44. The fraction of sp³-hybridized carbons (Fsp3) is 0.308. The molecular formula is C13H13Cl3N2O4. The first-order chi connectivity index (χ1) is 10.3. The van der Waals surface area contributed by atoms with Crippen LogP contribution < -0.4 is 10.6 Å². The van der Waals surface area contributed by atoms with Gasteiger partial charge in [0, 0.05) is 13.5 Å². The highest BCUT2D eigenvalue weighted by atomic mass is 35.5. The summed E-state index contributed by atoms with van der Waals surface area (Å²) in [6.45, 7) is 1.00. The molecule has 0 fully saturated rings. The SMILES string of the molecule is CC(=O)NCCC(=O)OCC(=O)Nc1cc(Cl)c(Cl)cc1Cl. The van der Waals surface area contributed by atoms with Crippen LogP contribution in [0.25, 0.3) is 0 Å². The molecule has 2 N–H and O–H groups in total. The molecule has 0 saturated heterocycles. The summed E-state index contributed by atoms with van der Waals surface area (Å²) in [5.74, 6) is -1.43. The van der Waals surface area contributed by atoms with Crippen LogP contribution in [0.4, 0.5) is 5.69 Å². The Bertz CT molecular complexity index is 593. The molecule has 1 rings (SSSR count). The number of benzene rings is 1. The summed E-state index contributed by atoms with van der Waals surface area (Å²) in [4.78, 5) is 33.6. The van der Waals surface area contributed by atoms with Crippen molar-refractivity contribution < 1.29 is 19.1 Å². The maximum absolute atomic E-state index is 11.7. The van der Waals surface area contributed by atoms with Crippen LogP contribution in [0.1, 0.15) is 13.3 Å². The molecule has 2 amide bonds. The first kappa shape index (κ1) is 18.5. The number of halogens is 3. The maximum Gasteiger partial charge on any atom is 0.308 e. The van der Waals surface area contributed by atoms with E-state index in [-0.39, 0.29) is 39.6 Å². The highest BCUT2D eigenvalue weighted by Gasteiger charge is 2.11. The second kappa shape index (κ2) is 8.82. The van der Waals surface area contributed by atoms with Crippen molar-refractivity contribution in [2.45, 2.75) is 13.3 Å². The predicted octanol–water partition coefficient (Wildman–Crippen LogP) is 2.65. The third-order valence-electron chi connectivity index (χ3n) is 2.35. The molecule has 0 unspecified atom stereocenters. The van der Waals surface area contributed by atoms with Gasteiger partial charge >= 0.3 is 5.97 Å². The third-order valence-corrected chi connectivity index (χ3v) is 3.39. The van der Waals surface area contributed by atoms with Gasteiger partial charge in [-0.05, 0) is 12.1 Å². The van der Waals surface area contributed by atoms with Gasteiger partial charge in [0.1, 0.15) is 0 Å². The highest BCUT2D eigenvalue weighted by Crippen LogP contribution is 2.32. The average Bonchev–Trinajstić information content (AvgIpc) is 2.42. The summed E-state index contributed by atoms with van der Waals surface area (Å²) in [6.07, 6.45) is -0.0274. The minimum absolute atomic E-state index is 0.0274.